The Balaban J connectivity index is 1.54. The number of aromatic nitrogens is 3. The maximum atomic E-state index is 11.5. The summed E-state index contributed by atoms with van der Waals surface area (Å²) in [6, 6.07) is 0.326. The molecule has 1 aliphatic heterocycles. The third-order valence-electron chi connectivity index (χ3n) is 5.65. The van der Waals surface area contributed by atoms with E-state index in [1.807, 2.05) is 4.68 Å². The Labute approximate surface area is 143 Å². The molecule has 0 N–H and O–H groups in total. The summed E-state index contributed by atoms with van der Waals surface area (Å²) in [6.45, 7) is 8.00. The molecule has 3 rings (SSSR count). The van der Waals surface area contributed by atoms with Gasteiger partial charge in [0, 0.05) is 19.6 Å². The standard InChI is InChI=1S/C18H28N4O2/c1-13-5-4-6-14(2)16(13)11-21-9-7-15(8-10-21)22-12-17(19-20-22)18(23)24-3/h5,12,14-16H,4,6-11H2,1-3H3/t14-,16-/m0/s1. The van der Waals surface area contributed by atoms with Gasteiger partial charge >= 0.3 is 5.97 Å². The second-order valence-corrected chi connectivity index (χ2v) is 7.22. The summed E-state index contributed by atoms with van der Waals surface area (Å²) in [6.07, 6.45) is 8.78. The molecule has 0 spiro atoms. The van der Waals surface area contributed by atoms with E-state index in [2.05, 4.69) is 35.1 Å². The molecule has 0 unspecified atom stereocenters. The number of carbonyl (C=O) groups excluding carboxylic acids is 1. The topological polar surface area (TPSA) is 60.2 Å². The van der Waals surface area contributed by atoms with Crippen molar-refractivity contribution < 1.29 is 9.53 Å². The van der Waals surface area contributed by atoms with Gasteiger partial charge in [0.05, 0.1) is 19.3 Å². The first kappa shape index (κ1) is 17.1. The zero-order valence-electron chi connectivity index (χ0n) is 14.9. The number of hydrogen-bond donors (Lipinski definition) is 0. The maximum Gasteiger partial charge on any atom is 0.360 e. The van der Waals surface area contributed by atoms with Gasteiger partial charge in [-0.15, -0.1) is 5.10 Å². The molecule has 0 bridgehead atoms. The van der Waals surface area contributed by atoms with Crippen LogP contribution < -0.4 is 0 Å². The molecule has 0 aromatic carbocycles. The fourth-order valence-corrected chi connectivity index (χ4v) is 4.00. The van der Waals surface area contributed by atoms with Gasteiger partial charge < -0.3 is 9.64 Å². The smallest absolute Gasteiger partial charge is 0.360 e. The van der Waals surface area contributed by atoms with Crippen molar-refractivity contribution >= 4 is 5.97 Å². The molecule has 1 aliphatic carbocycles. The van der Waals surface area contributed by atoms with E-state index in [0.29, 0.717) is 12.0 Å². The lowest BCUT2D eigenvalue weighted by Gasteiger charge is -2.37. The Hall–Kier alpha value is -1.69. The Kier molecular flexibility index (Phi) is 5.33. The van der Waals surface area contributed by atoms with E-state index in [4.69, 9.17) is 4.74 Å². The van der Waals surface area contributed by atoms with E-state index in [1.54, 1.807) is 11.8 Å². The van der Waals surface area contributed by atoms with E-state index in [1.165, 1.54) is 26.5 Å². The summed E-state index contributed by atoms with van der Waals surface area (Å²) in [5.74, 6) is 1.06. The predicted octanol–water partition coefficient (Wildman–Crippen LogP) is 2.69. The summed E-state index contributed by atoms with van der Waals surface area (Å²) in [7, 11) is 1.36. The second kappa shape index (κ2) is 7.47. The second-order valence-electron chi connectivity index (χ2n) is 7.22. The predicted molar refractivity (Wildman–Crippen MR) is 91.7 cm³/mol. The molecule has 0 radical (unpaired) electrons. The van der Waals surface area contributed by atoms with Crippen LogP contribution in [0.15, 0.2) is 17.8 Å². The third kappa shape index (κ3) is 3.69. The minimum absolute atomic E-state index is 0.289. The molecule has 1 saturated heterocycles. The molecule has 6 heteroatoms. The summed E-state index contributed by atoms with van der Waals surface area (Å²) in [5, 5.41) is 8.02. The number of hydrogen-bond acceptors (Lipinski definition) is 5. The minimum Gasteiger partial charge on any atom is -0.464 e. The fraction of sp³-hybridized carbons (Fsp3) is 0.722. The monoisotopic (exact) mass is 332 g/mol. The third-order valence-corrected chi connectivity index (χ3v) is 5.65. The van der Waals surface area contributed by atoms with Crippen molar-refractivity contribution in [2.24, 2.45) is 11.8 Å². The molecular weight excluding hydrogens is 304 g/mol. The Bertz CT molecular complexity index is 602. The lowest BCUT2D eigenvalue weighted by Crippen LogP contribution is -2.40. The summed E-state index contributed by atoms with van der Waals surface area (Å²) in [4.78, 5) is 14.1. The highest BCUT2D eigenvalue weighted by Crippen LogP contribution is 2.32. The highest BCUT2D eigenvalue weighted by Gasteiger charge is 2.28. The van der Waals surface area contributed by atoms with E-state index in [0.717, 1.165) is 31.8 Å². The molecule has 0 saturated carbocycles. The highest BCUT2D eigenvalue weighted by molar-refractivity contribution is 5.86. The van der Waals surface area contributed by atoms with Crippen molar-refractivity contribution in [3.63, 3.8) is 0 Å². The first-order valence-electron chi connectivity index (χ1n) is 8.97. The number of piperidine rings is 1. The van der Waals surface area contributed by atoms with Crippen LogP contribution in [-0.4, -0.2) is 52.6 Å². The normalized spacial score (nSPS) is 26.2. The van der Waals surface area contributed by atoms with Gasteiger partial charge in [0.1, 0.15) is 0 Å². The van der Waals surface area contributed by atoms with Crippen LogP contribution in [0.3, 0.4) is 0 Å². The van der Waals surface area contributed by atoms with Crippen LogP contribution in [0.5, 0.6) is 0 Å². The molecule has 2 aliphatic rings. The van der Waals surface area contributed by atoms with Crippen LogP contribution in [0.4, 0.5) is 0 Å². The van der Waals surface area contributed by atoms with Gasteiger partial charge in [-0.3, -0.25) is 0 Å². The zero-order valence-corrected chi connectivity index (χ0v) is 14.9. The van der Waals surface area contributed by atoms with Crippen LogP contribution in [0.1, 0.15) is 56.1 Å². The number of rotatable bonds is 4. The lowest BCUT2D eigenvalue weighted by atomic mass is 9.79. The number of ether oxygens (including phenoxy) is 1. The molecule has 132 valence electrons. The largest absolute Gasteiger partial charge is 0.464 e. The number of likely N-dealkylation sites (tertiary alicyclic amines) is 1. The first-order valence-corrected chi connectivity index (χ1v) is 8.97. The molecule has 1 aromatic rings. The van der Waals surface area contributed by atoms with Gasteiger partial charge in [0.15, 0.2) is 5.69 Å². The van der Waals surface area contributed by atoms with Gasteiger partial charge in [0.25, 0.3) is 0 Å². The molecule has 1 aromatic heterocycles. The van der Waals surface area contributed by atoms with Crippen molar-refractivity contribution in [1.82, 2.24) is 19.9 Å². The van der Waals surface area contributed by atoms with E-state index in [9.17, 15) is 4.79 Å². The van der Waals surface area contributed by atoms with Crippen LogP contribution in [-0.2, 0) is 4.74 Å². The Morgan fingerprint density at radius 3 is 2.75 bits per heavy atom. The van der Waals surface area contributed by atoms with Crippen molar-refractivity contribution in [1.29, 1.82) is 0 Å². The molecule has 6 nitrogen and oxygen atoms in total. The van der Waals surface area contributed by atoms with Crippen LogP contribution >= 0.6 is 0 Å². The SMILES string of the molecule is COC(=O)c1cn(C2CCN(C[C@H]3C(C)=CCC[C@@H]3C)CC2)nn1. The molecule has 24 heavy (non-hydrogen) atoms. The number of carbonyl (C=O) groups is 1. The van der Waals surface area contributed by atoms with Crippen LogP contribution in [0.25, 0.3) is 0 Å². The van der Waals surface area contributed by atoms with Crippen LogP contribution in [0, 0.1) is 11.8 Å². The Morgan fingerprint density at radius 2 is 2.08 bits per heavy atom. The van der Waals surface area contributed by atoms with E-state index in [-0.39, 0.29) is 5.69 Å². The average Bonchev–Trinajstić information content (AvgIpc) is 3.08. The number of nitrogens with zero attached hydrogens (tertiary/aromatic N) is 4. The summed E-state index contributed by atoms with van der Waals surface area (Å²) < 4.78 is 6.52. The molecular formula is C18H28N4O2. The van der Waals surface area contributed by atoms with Gasteiger partial charge in [-0.2, -0.15) is 0 Å². The van der Waals surface area contributed by atoms with Crippen LogP contribution in [0.2, 0.25) is 0 Å². The number of esters is 1. The minimum atomic E-state index is -0.424. The van der Waals surface area contributed by atoms with Crippen molar-refractivity contribution in [3.8, 4) is 0 Å². The lowest BCUT2D eigenvalue weighted by molar-refractivity contribution is 0.0594. The quantitative estimate of drug-likeness (QED) is 0.627. The fourth-order valence-electron chi connectivity index (χ4n) is 4.00. The van der Waals surface area contributed by atoms with Gasteiger partial charge in [-0.25, -0.2) is 9.48 Å². The summed E-state index contributed by atoms with van der Waals surface area (Å²) >= 11 is 0. The zero-order chi connectivity index (χ0) is 17.1. The van der Waals surface area contributed by atoms with Crippen molar-refractivity contribution in [3.05, 3.63) is 23.5 Å². The average molecular weight is 332 g/mol. The first-order chi connectivity index (χ1) is 11.6. The number of methoxy groups -OCH3 is 1. The maximum absolute atomic E-state index is 11.5. The van der Waals surface area contributed by atoms with Gasteiger partial charge in [0.2, 0.25) is 0 Å². The van der Waals surface area contributed by atoms with Crippen molar-refractivity contribution in [2.45, 2.75) is 45.6 Å². The van der Waals surface area contributed by atoms with Crippen molar-refractivity contribution in [2.75, 3.05) is 26.7 Å². The van der Waals surface area contributed by atoms with Gasteiger partial charge in [-0.1, -0.05) is 23.8 Å². The summed E-state index contributed by atoms with van der Waals surface area (Å²) in [5.41, 5.74) is 1.85. The highest BCUT2D eigenvalue weighted by atomic mass is 16.5. The van der Waals surface area contributed by atoms with E-state index < -0.39 is 5.97 Å². The number of allylic oxidation sites excluding steroid dienone is 1. The molecule has 2 heterocycles. The molecule has 2 atom stereocenters. The van der Waals surface area contributed by atoms with E-state index >= 15 is 0 Å². The molecule has 1 fully saturated rings. The van der Waals surface area contributed by atoms with Gasteiger partial charge in [-0.05, 0) is 44.4 Å². The molecule has 0 amide bonds. The Morgan fingerprint density at radius 1 is 1.33 bits per heavy atom.